The molecular formula is C12H14N4O. The summed E-state index contributed by atoms with van der Waals surface area (Å²) in [5.41, 5.74) is 1.08. The summed E-state index contributed by atoms with van der Waals surface area (Å²) in [5, 5.41) is 7.57. The number of allylic oxidation sites excluding steroid dienone is 6. The first-order chi connectivity index (χ1) is 8.30. The number of isocyanates is 1. The molecule has 0 aliphatic rings. The van der Waals surface area contributed by atoms with E-state index in [0.29, 0.717) is 6.54 Å². The SMILES string of the molecule is C\C=C/C=C(\C=C/C)Cn1cc(N=C=O)nn1. The molecule has 0 fully saturated rings. The maximum absolute atomic E-state index is 10.0. The highest BCUT2D eigenvalue weighted by Gasteiger charge is 1.99. The molecule has 1 rings (SSSR count). The van der Waals surface area contributed by atoms with Gasteiger partial charge in [0.25, 0.3) is 0 Å². The van der Waals surface area contributed by atoms with Crippen LogP contribution in [-0.4, -0.2) is 21.1 Å². The summed E-state index contributed by atoms with van der Waals surface area (Å²) >= 11 is 0. The molecule has 1 aromatic heterocycles. The fourth-order valence-electron chi connectivity index (χ4n) is 1.25. The van der Waals surface area contributed by atoms with Gasteiger partial charge in [0.15, 0.2) is 0 Å². The predicted molar refractivity (Wildman–Crippen MR) is 65.5 cm³/mol. The fraction of sp³-hybridized carbons (Fsp3) is 0.250. The van der Waals surface area contributed by atoms with E-state index in [1.165, 1.54) is 6.08 Å². The van der Waals surface area contributed by atoms with Crippen molar-refractivity contribution < 1.29 is 4.79 Å². The van der Waals surface area contributed by atoms with Crippen molar-refractivity contribution in [3.63, 3.8) is 0 Å². The molecule has 0 radical (unpaired) electrons. The summed E-state index contributed by atoms with van der Waals surface area (Å²) in [4.78, 5) is 13.4. The average Bonchev–Trinajstić information content (AvgIpc) is 2.74. The van der Waals surface area contributed by atoms with Gasteiger partial charge in [-0.25, -0.2) is 9.48 Å². The second-order valence-corrected chi connectivity index (χ2v) is 3.24. The minimum atomic E-state index is 0.269. The highest BCUT2D eigenvalue weighted by atomic mass is 16.1. The number of aromatic nitrogens is 3. The highest BCUT2D eigenvalue weighted by molar-refractivity contribution is 5.42. The maximum atomic E-state index is 10.0. The number of aliphatic imine (C=N–C) groups is 1. The number of rotatable bonds is 5. The Morgan fingerprint density at radius 1 is 1.53 bits per heavy atom. The Bertz CT molecular complexity index is 490. The van der Waals surface area contributed by atoms with Crippen LogP contribution in [0.25, 0.3) is 0 Å². The highest BCUT2D eigenvalue weighted by Crippen LogP contribution is 2.07. The zero-order chi connectivity index (χ0) is 12.5. The normalized spacial score (nSPS) is 12.2. The summed E-state index contributed by atoms with van der Waals surface area (Å²) in [6.07, 6.45) is 12.9. The summed E-state index contributed by atoms with van der Waals surface area (Å²) in [7, 11) is 0. The van der Waals surface area contributed by atoms with Crippen molar-refractivity contribution in [3.8, 4) is 0 Å². The third kappa shape index (κ3) is 4.40. The molecule has 5 nitrogen and oxygen atoms in total. The second-order valence-electron chi connectivity index (χ2n) is 3.24. The lowest BCUT2D eigenvalue weighted by atomic mass is 10.2. The molecule has 88 valence electrons. The molecule has 17 heavy (non-hydrogen) atoms. The number of hydrogen-bond acceptors (Lipinski definition) is 4. The first-order valence-electron chi connectivity index (χ1n) is 5.22. The van der Waals surface area contributed by atoms with E-state index >= 15 is 0 Å². The van der Waals surface area contributed by atoms with Gasteiger partial charge in [0.1, 0.15) is 0 Å². The molecular weight excluding hydrogens is 216 g/mol. The van der Waals surface area contributed by atoms with Crippen molar-refractivity contribution in [3.05, 3.63) is 42.2 Å². The molecule has 0 saturated heterocycles. The lowest BCUT2D eigenvalue weighted by molar-refractivity contribution is 0.565. The molecule has 5 heteroatoms. The molecule has 0 N–H and O–H groups in total. The third-order valence-electron chi connectivity index (χ3n) is 1.91. The monoisotopic (exact) mass is 230 g/mol. The molecule has 0 spiro atoms. The summed E-state index contributed by atoms with van der Waals surface area (Å²) < 4.78 is 1.62. The standard InChI is InChI=1S/C12H14N4O/c1-3-5-7-11(6-4-2)8-16-9-12(13-10-17)14-15-16/h3-7,9H,8H2,1-2H3/b5-3-,6-4-,11-7+. The lowest BCUT2D eigenvalue weighted by Gasteiger charge is -2.00. The summed E-state index contributed by atoms with van der Waals surface area (Å²) in [6, 6.07) is 0. The molecule has 0 saturated carbocycles. The van der Waals surface area contributed by atoms with E-state index in [9.17, 15) is 4.79 Å². The van der Waals surface area contributed by atoms with Gasteiger partial charge in [-0.15, -0.1) is 10.1 Å². The van der Waals surface area contributed by atoms with Crippen LogP contribution in [0.2, 0.25) is 0 Å². The minimum absolute atomic E-state index is 0.269. The minimum Gasteiger partial charge on any atom is -0.246 e. The third-order valence-corrected chi connectivity index (χ3v) is 1.91. The quantitative estimate of drug-likeness (QED) is 0.443. The Morgan fingerprint density at radius 2 is 2.35 bits per heavy atom. The molecule has 0 atom stereocenters. The predicted octanol–water partition coefficient (Wildman–Crippen LogP) is 2.32. The van der Waals surface area contributed by atoms with Crippen LogP contribution in [0, 0.1) is 0 Å². The second kappa shape index (κ2) is 7.09. The lowest BCUT2D eigenvalue weighted by Crippen LogP contribution is -2.00. The van der Waals surface area contributed by atoms with Gasteiger partial charge in [0.05, 0.1) is 12.7 Å². The zero-order valence-electron chi connectivity index (χ0n) is 9.87. The molecule has 0 bridgehead atoms. The van der Waals surface area contributed by atoms with Gasteiger partial charge in [-0.2, -0.15) is 0 Å². The van der Waals surface area contributed by atoms with E-state index in [1.54, 1.807) is 10.9 Å². The maximum Gasteiger partial charge on any atom is 0.242 e. The van der Waals surface area contributed by atoms with E-state index in [1.807, 2.05) is 44.2 Å². The fourth-order valence-corrected chi connectivity index (χ4v) is 1.25. The van der Waals surface area contributed by atoms with Gasteiger partial charge in [-0.05, 0) is 19.4 Å². The van der Waals surface area contributed by atoms with Gasteiger partial charge in [-0.1, -0.05) is 35.6 Å². The van der Waals surface area contributed by atoms with Crippen molar-refractivity contribution >= 4 is 11.9 Å². The topological polar surface area (TPSA) is 60.1 Å². The van der Waals surface area contributed by atoms with Crippen molar-refractivity contribution in [2.24, 2.45) is 4.99 Å². The molecule has 0 aliphatic heterocycles. The van der Waals surface area contributed by atoms with Crippen molar-refractivity contribution in [2.45, 2.75) is 20.4 Å². The van der Waals surface area contributed by atoms with Crippen LogP contribution in [0.3, 0.4) is 0 Å². The molecule has 1 heterocycles. The van der Waals surface area contributed by atoms with E-state index < -0.39 is 0 Å². The van der Waals surface area contributed by atoms with Crippen LogP contribution >= 0.6 is 0 Å². The Hall–Kier alpha value is -2.26. The van der Waals surface area contributed by atoms with Gasteiger partial charge in [0, 0.05) is 0 Å². The van der Waals surface area contributed by atoms with Gasteiger partial charge in [-0.3, -0.25) is 0 Å². The van der Waals surface area contributed by atoms with E-state index in [-0.39, 0.29) is 5.82 Å². The first kappa shape index (κ1) is 12.8. The molecule has 0 aromatic carbocycles. The zero-order valence-corrected chi connectivity index (χ0v) is 9.87. The van der Waals surface area contributed by atoms with Crippen LogP contribution in [-0.2, 0) is 11.3 Å². The summed E-state index contributed by atoms with van der Waals surface area (Å²) in [5.74, 6) is 0.269. The molecule has 0 unspecified atom stereocenters. The van der Waals surface area contributed by atoms with E-state index in [2.05, 4.69) is 15.3 Å². The van der Waals surface area contributed by atoms with Crippen molar-refractivity contribution in [1.29, 1.82) is 0 Å². The van der Waals surface area contributed by atoms with Crippen molar-refractivity contribution in [2.75, 3.05) is 0 Å². The van der Waals surface area contributed by atoms with Gasteiger partial charge >= 0.3 is 0 Å². The summed E-state index contributed by atoms with van der Waals surface area (Å²) in [6.45, 7) is 4.49. The Morgan fingerprint density at radius 3 is 3.00 bits per heavy atom. The Labute approximate surface area is 99.9 Å². The first-order valence-corrected chi connectivity index (χ1v) is 5.22. The Kier molecular flexibility index (Phi) is 5.34. The van der Waals surface area contributed by atoms with Crippen LogP contribution in [0.4, 0.5) is 5.82 Å². The van der Waals surface area contributed by atoms with Crippen LogP contribution in [0.15, 0.2) is 47.1 Å². The number of carbonyl (C=O) groups excluding carboxylic acids is 1. The van der Waals surface area contributed by atoms with Crippen LogP contribution < -0.4 is 0 Å². The largest absolute Gasteiger partial charge is 0.246 e. The van der Waals surface area contributed by atoms with Crippen LogP contribution in [0.5, 0.6) is 0 Å². The van der Waals surface area contributed by atoms with Gasteiger partial charge in [0.2, 0.25) is 11.9 Å². The molecule has 0 aliphatic carbocycles. The van der Waals surface area contributed by atoms with E-state index in [0.717, 1.165) is 5.57 Å². The Balaban J connectivity index is 2.82. The smallest absolute Gasteiger partial charge is 0.242 e. The number of nitrogens with zero attached hydrogens (tertiary/aromatic N) is 4. The van der Waals surface area contributed by atoms with Gasteiger partial charge < -0.3 is 0 Å². The molecule has 1 aromatic rings. The molecule has 0 amide bonds. The number of hydrogen-bond donors (Lipinski definition) is 0. The van der Waals surface area contributed by atoms with Crippen molar-refractivity contribution in [1.82, 2.24) is 15.0 Å². The van der Waals surface area contributed by atoms with Crippen LogP contribution in [0.1, 0.15) is 13.8 Å². The van der Waals surface area contributed by atoms with E-state index in [4.69, 9.17) is 0 Å². The average molecular weight is 230 g/mol.